The lowest BCUT2D eigenvalue weighted by Crippen LogP contribution is -2.31. The van der Waals surface area contributed by atoms with Gasteiger partial charge in [-0.3, -0.25) is 0 Å². The number of hydrogen-bond donors (Lipinski definition) is 2. The van der Waals surface area contributed by atoms with Crippen molar-refractivity contribution in [2.75, 3.05) is 11.5 Å². The number of nitrogens with two attached hydrogens (primary N) is 2. The van der Waals surface area contributed by atoms with E-state index < -0.39 is 0 Å². The molecule has 1 aliphatic rings. The lowest BCUT2D eigenvalue weighted by molar-refractivity contribution is 0.272. The van der Waals surface area contributed by atoms with Gasteiger partial charge < -0.3 is 11.5 Å². The van der Waals surface area contributed by atoms with Gasteiger partial charge in [-0.25, -0.2) is 4.98 Å². The highest BCUT2D eigenvalue weighted by Crippen LogP contribution is 2.44. The van der Waals surface area contributed by atoms with Crippen molar-refractivity contribution in [1.29, 1.82) is 0 Å². The average Bonchev–Trinajstić information content (AvgIpc) is 2.00. The molecule has 0 aliphatic heterocycles. The fourth-order valence-electron chi connectivity index (χ4n) is 1.85. The van der Waals surface area contributed by atoms with E-state index in [4.69, 9.17) is 11.5 Å². The summed E-state index contributed by atoms with van der Waals surface area (Å²) in [7, 11) is 0. The molecular weight excluding hydrogens is 164 g/mol. The first-order valence-electron chi connectivity index (χ1n) is 4.50. The topological polar surface area (TPSA) is 77.8 Å². The molecule has 70 valence electrons. The van der Waals surface area contributed by atoms with Crippen molar-refractivity contribution in [2.24, 2.45) is 0 Å². The third-order valence-electron chi connectivity index (χ3n) is 2.94. The summed E-state index contributed by atoms with van der Waals surface area (Å²) >= 11 is 0. The molecule has 1 aliphatic carbocycles. The van der Waals surface area contributed by atoms with E-state index in [1.807, 2.05) is 0 Å². The predicted molar refractivity (Wildman–Crippen MR) is 52.1 cm³/mol. The average molecular weight is 178 g/mol. The summed E-state index contributed by atoms with van der Waals surface area (Å²) < 4.78 is 0. The van der Waals surface area contributed by atoms with Crippen LogP contribution in [0.3, 0.4) is 0 Å². The Kier molecular flexibility index (Phi) is 1.65. The first kappa shape index (κ1) is 8.29. The minimum atomic E-state index is 0.192. The van der Waals surface area contributed by atoms with Gasteiger partial charge in [0.15, 0.2) is 0 Å². The quantitative estimate of drug-likeness (QED) is 0.674. The summed E-state index contributed by atoms with van der Waals surface area (Å²) in [6.45, 7) is 2.20. The van der Waals surface area contributed by atoms with Crippen LogP contribution in [0.4, 0.5) is 11.8 Å². The van der Waals surface area contributed by atoms with Crippen LogP contribution in [0.25, 0.3) is 0 Å². The van der Waals surface area contributed by atoms with Gasteiger partial charge in [-0.1, -0.05) is 13.3 Å². The molecule has 0 atom stereocenters. The van der Waals surface area contributed by atoms with Crippen molar-refractivity contribution < 1.29 is 0 Å². The fourth-order valence-corrected chi connectivity index (χ4v) is 1.85. The zero-order chi connectivity index (χ0) is 9.47. The van der Waals surface area contributed by atoms with Crippen LogP contribution in [0.1, 0.15) is 31.7 Å². The minimum Gasteiger partial charge on any atom is -0.383 e. The highest BCUT2D eigenvalue weighted by Gasteiger charge is 2.35. The number of nitrogen functional groups attached to an aromatic ring is 2. The Balaban J connectivity index is 2.40. The van der Waals surface area contributed by atoms with E-state index in [1.165, 1.54) is 19.3 Å². The number of anilines is 2. The van der Waals surface area contributed by atoms with Crippen molar-refractivity contribution in [3.8, 4) is 0 Å². The Bertz CT molecular complexity index is 330. The Morgan fingerprint density at radius 3 is 2.54 bits per heavy atom. The highest BCUT2D eigenvalue weighted by molar-refractivity contribution is 5.46. The van der Waals surface area contributed by atoms with Crippen LogP contribution in [0.15, 0.2) is 6.20 Å². The van der Waals surface area contributed by atoms with Crippen molar-refractivity contribution in [2.45, 2.75) is 31.6 Å². The molecule has 4 nitrogen and oxygen atoms in total. The van der Waals surface area contributed by atoms with Crippen LogP contribution in [0, 0.1) is 0 Å². The van der Waals surface area contributed by atoms with Crippen LogP contribution in [-0.4, -0.2) is 9.97 Å². The van der Waals surface area contributed by atoms with Gasteiger partial charge in [0.1, 0.15) is 5.82 Å². The number of rotatable bonds is 1. The summed E-state index contributed by atoms with van der Waals surface area (Å²) in [5, 5.41) is 0. The number of hydrogen-bond acceptors (Lipinski definition) is 4. The lowest BCUT2D eigenvalue weighted by atomic mass is 9.66. The molecule has 0 spiro atoms. The Labute approximate surface area is 77.4 Å². The van der Waals surface area contributed by atoms with Crippen molar-refractivity contribution >= 4 is 11.8 Å². The summed E-state index contributed by atoms with van der Waals surface area (Å²) in [5.74, 6) is 0.791. The van der Waals surface area contributed by atoms with E-state index in [0.717, 1.165) is 5.56 Å². The first-order chi connectivity index (χ1) is 6.12. The van der Waals surface area contributed by atoms with Gasteiger partial charge in [0.2, 0.25) is 5.95 Å². The zero-order valence-electron chi connectivity index (χ0n) is 7.75. The highest BCUT2D eigenvalue weighted by atomic mass is 15.0. The molecule has 1 saturated carbocycles. The molecule has 0 saturated heterocycles. The van der Waals surface area contributed by atoms with E-state index in [-0.39, 0.29) is 11.4 Å². The molecule has 0 aromatic carbocycles. The largest absolute Gasteiger partial charge is 0.383 e. The van der Waals surface area contributed by atoms with E-state index in [2.05, 4.69) is 16.9 Å². The summed E-state index contributed by atoms with van der Waals surface area (Å²) in [6, 6.07) is 0. The van der Waals surface area contributed by atoms with Gasteiger partial charge in [-0.15, -0.1) is 0 Å². The minimum absolute atomic E-state index is 0.192. The summed E-state index contributed by atoms with van der Waals surface area (Å²) in [5.41, 5.74) is 12.5. The molecule has 0 radical (unpaired) electrons. The molecular formula is C9H14N4. The molecule has 4 heteroatoms. The van der Waals surface area contributed by atoms with E-state index in [9.17, 15) is 0 Å². The zero-order valence-corrected chi connectivity index (χ0v) is 7.75. The van der Waals surface area contributed by atoms with Crippen LogP contribution >= 0.6 is 0 Å². The Morgan fingerprint density at radius 1 is 1.38 bits per heavy atom. The molecule has 0 amide bonds. The first-order valence-corrected chi connectivity index (χ1v) is 4.50. The SMILES string of the molecule is CC1(c2cnc(N)nc2N)CCC1. The van der Waals surface area contributed by atoms with Gasteiger partial charge >= 0.3 is 0 Å². The molecule has 1 aromatic heterocycles. The normalized spacial score (nSPS) is 19.5. The third kappa shape index (κ3) is 1.22. The van der Waals surface area contributed by atoms with Gasteiger partial charge in [0.05, 0.1) is 0 Å². The predicted octanol–water partition coefficient (Wildman–Crippen LogP) is 1.08. The van der Waals surface area contributed by atoms with Crippen LogP contribution < -0.4 is 11.5 Å². The van der Waals surface area contributed by atoms with Gasteiger partial charge in [-0.2, -0.15) is 4.98 Å². The maximum absolute atomic E-state index is 5.79. The maximum Gasteiger partial charge on any atom is 0.221 e. The van der Waals surface area contributed by atoms with Gasteiger partial charge in [0, 0.05) is 11.8 Å². The standard InChI is InChI=1S/C9H14N4/c1-9(3-2-4-9)6-5-12-8(11)13-7(6)10/h5H,2-4H2,1H3,(H4,10,11,12,13). The van der Waals surface area contributed by atoms with E-state index >= 15 is 0 Å². The molecule has 13 heavy (non-hydrogen) atoms. The van der Waals surface area contributed by atoms with Crippen molar-refractivity contribution in [3.63, 3.8) is 0 Å². The van der Waals surface area contributed by atoms with Crippen LogP contribution in [-0.2, 0) is 5.41 Å². The summed E-state index contributed by atoms with van der Waals surface area (Å²) in [4.78, 5) is 7.94. The fraction of sp³-hybridized carbons (Fsp3) is 0.556. The van der Waals surface area contributed by atoms with Crippen molar-refractivity contribution in [3.05, 3.63) is 11.8 Å². The van der Waals surface area contributed by atoms with Crippen LogP contribution in [0.2, 0.25) is 0 Å². The number of nitrogens with zero attached hydrogens (tertiary/aromatic N) is 2. The number of aromatic nitrogens is 2. The summed E-state index contributed by atoms with van der Waals surface area (Å²) in [6.07, 6.45) is 5.37. The maximum atomic E-state index is 5.79. The van der Waals surface area contributed by atoms with Gasteiger partial charge in [-0.05, 0) is 18.3 Å². The van der Waals surface area contributed by atoms with Crippen LogP contribution in [0.5, 0.6) is 0 Å². The second-order valence-corrected chi connectivity index (χ2v) is 3.94. The Hall–Kier alpha value is -1.32. The smallest absolute Gasteiger partial charge is 0.221 e. The monoisotopic (exact) mass is 178 g/mol. The molecule has 1 fully saturated rings. The molecule has 1 aromatic rings. The molecule has 0 unspecified atom stereocenters. The van der Waals surface area contributed by atoms with E-state index in [0.29, 0.717) is 5.82 Å². The lowest BCUT2D eigenvalue weighted by Gasteiger charge is -2.38. The third-order valence-corrected chi connectivity index (χ3v) is 2.94. The molecule has 4 N–H and O–H groups in total. The molecule has 0 bridgehead atoms. The van der Waals surface area contributed by atoms with E-state index in [1.54, 1.807) is 6.20 Å². The molecule has 1 heterocycles. The molecule has 2 rings (SSSR count). The second-order valence-electron chi connectivity index (χ2n) is 3.94. The second kappa shape index (κ2) is 2.58. The van der Waals surface area contributed by atoms with Gasteiger partial charge in [0.25, 0.3) is 0 Å². The Morgan fingerprint density at radius 2 is 2.08 bits per heavy atom. The van der Waals surface area contributed by atoms with Crippen molar-refractivity contribution in [1.82, 2.24) is 9.97 Å².